The number of benzene rings is 2. The summed E-state index contributed by atoms with van der Waals surface area (Å²) < 4.78 is 11.0. The predicted octanol–water partition coefficient (Wildman–Crippen LogP) is 3.49. The van der Waals surface area contributed by atoms with E-state index in [0.717, 1.165) is 21.3 Å². The van der Waals surface area contributed by atoms with Gasteiger partial charge in [-0.3, -0.25) is 9.59 Å². The van der Waals surface area contributed by atoms with Crippen LogP contribution in [0.4, 0.5) is 5.69 Å². The first-order valence-electron chi connectivity index (χ1n) is 7.32. The summed E-state index contributed by atoms with van der Waals surface area (Å²) in [6.45, 7) is 1.61. The Morgan fingerprint density at radius 2 is 1.83 bits per heavy atom. The van der Waals surface area contributed by atoms with Crippen LogP contribution in [-0.2, 0) is 20.7 Å². The first-order chi connectivity index (χ1) is 11.5. The Hall–Kier alpha value is -2.34. The molecule has 0 aliphatic rings. The highest BCUT2D eigenvalue weighted by Gasteiger charge is 2.09. The van der Waals surface area contributed by atoms with Crippen LogP contribution in [0.15, 0.2) is 46.9 Å². The molecule has 126 valence electrons. The molecule has 0 saturated carbocycles. The van der Waals surface area contributed by atoms with E-state index in [-0.39, 0.29) is 18.9 Å². The number of hydrogen-bond donors (Lipinski definition) is 1. The Morgan fingerprint density at radius 3 is 2.46 bits per heavy atom. The first kappa shape index (κ1) is 18.0. The SMILES string of the molecule is COc1ccc(CC(=O)OCC(=O)Nc2ccc(Br)c(C)c2)cc1. The van der Waals surface area contributed by atoms with Gasteiger partial charge in [0.05, 0.1) is 13.5 Å². The third-order valence-electron chi connectivity index (χ3n) is 3.31. The van der Waals surface area contributed by atoms with E-state index in [9.17, 15) is 9.59 Å². The lowest BCUT2D eigenvalue weighted by molar-refractivity contribution is -0.146. The van der Waals surface area contributed by atoms with Gasteiger partial charge in [-0.15, -0.1) is 0 Å². The predicted molar refractivity (Wildman–Crippen MR) is 95.2 cm³/mol. The number of halogens is 1. The minimum absolute atomic E-state index is 0.106. The molecule has 1 N–H and O–H groups in total. The van der Waals surface area contributed by atoms with E-state index < -0.39 is 5.97 Å². The third kappa shape index (κ3) is 5.38. The second-order valence-electron chi connectivity index (χ2n) is 5.20. The van der Waals surface area contributed by atoms with Crippen LogP contribution < -0.4 is 10.1 Å². The van der Waals surface area contributed by atoms with Crippen LogP contribution >= 0.6 is 15.9 Å². The molecule has 24 heavy (non-hydrogen) atoms. The summed E-state index contributed by atoms with van der Waals surface area (Å²) in [5.41, 5.74) is 2.46. The Balaban J connectivity index is 1.79. The van der Waals surface area contributed by atoms with Crippen molar-refractivity contribution in [3.63, 3.8) is 0 Å². The third-order valence-corrected chi connectivity index (χ3v) is 4.20. The second-order valence-corrected chi connectivity index (χ2v) is 6.05. The minimum atomic E-state index is -0.456. The molecule has 6 heteroatoms. The van der Waals surface area contributed by atoms with Gasteiger partial charge in [-0.2, -0.15) is 0 Å². The van der Waals surface area contributed by atoms with Crippen LogP contribution in [0.25, 0.3) is 0 Å². The molecule has 0 heterocycles. The molecule has 0 aromatic heterocycles. The van der Waals surface area contributed by atoms with Crippen molar-refractivity contribution in [2.75, 3.05) is 19.0 Å². The lowest BCUT2D eigenvalue weighted by Crippen LogP contribution is -2.21. The maximum Gasteiger partial charge on any atom is 0.310 e. The summed E-state index contributed by atoms with van der Waals surface area (Å²) >= 11 is 3.40. The van der Waals surface area contributed by atoms with Crippen molar-refractivity contribution in [2.45, 2.75) is 13.3 Å². The first-order valence-corrected chi connectivity index (χ1v) is 8.12. The lowest BCUT2D eigenvalue weighted by Gasteiger charge is -2.08. The summed E-state index contributed by atoms with van der Waals surface area (Å²) in [7, 11) is 1.58. The molecule has 0 aliphatic heterocycles. The van der Waals surface area contributed by atoms with Gasteiger partial charge >= 0.3 is 5.97 Å². The van der Waals surface area contributed by atoms with Gasteiger partial charge in [0.2, 0.25) is 0 Å². The number of aryl methyl sites for hydroxylation is 1. The zero-order chi connectivity index (χ0) is 17.5. The Morgan fingerprint density at radius 1 is 1.12 bits per heavy atom. The van der Waals surface area contributed by atoms with Crippen molar-refractivity contribution in [2.24, 2.45) is 0 Å². The van der Waals surface area contributed by atoms with Crippen LogP contribution in [0, 0.1) is 6.92 Å². The second kappa shape index (κ2) is 8.49. The number of anilines is 1. The number of nitrogens with one attached hydrogen (secondary N) is 1. The Kier molecular flexibility index (Phi) is 6.37. The lowest BCUT2D eigenvalue weighted by atomic mass is 10.1. The van der Waals surface area contributed by atoms with Crippen molar-refractivity contribution in [1.29, 1.82) is 0 Å². The van der Waals surface area contributed by atoms with Crippen molar-refractivity contribution in [1.82, 2.24) is 0 Å². The number of esters is 1. The van der Waals surface area contributed by atoms with Crippen LogP contribution in [-0.4, -0.2) is 25.6 Å². The molecule has 0 radical (unpaired) electrons. The van der Waals surface area contributed by atoms with E-state index in [1.165, 1.54) is 0 Å². The number of rotatable bonds is 6. The summed E-state index contributed by atoms with van der Waals surface area (Å²) in [5, 5.41) is 2.69. The standard InChI is InChI=1S/C18H18BrNO4/c1-12-9-14(5-8-16(12)19)20-17(21)11-24-18(22)10-13-3-6-15(23-2)7-4-13/h3-9H,10-11H2,1-2H3,(H,20,21). The Labute approximate surface area is 149 Å². The molecule has 2 rings (SSSR count). The number of ether oxygens (including phenoxy) is 2. The largest absolute Gasteiger partial charge is 0.497 e. The van der Waals surface area contributed by atoms with Crippen LogP contribution in [0.1, 0.15) is 11.1 Å². The number of amides is 1. The molecule has 0 fully saturated rings. The highest BCUT2D eigenvalue weighted by Crippen LogP contribution is 2.19. The van der Waals surface area contributed by atoms with Gasteiger partial charge in [0.1, 0.15) is 5.75 Å². The normalized spacial score (nSPS) is 10.1. The number of carbonyl (C=O) groups excluding carboxylic acids is 2. The fraction of sp³-hybridized carbons (Fsp3) is 0.222. The molecule has 0 bridgehead atoms. The van der Waals surface area contributed by atoms with Gasteiger partial charge in [0.15, 0.2) is 6.61 Å². The molecule has 2 aromatic rings. The molecule has 0 atom stereocenters. The van der Waals surface area contributed by atoms with Gasteiger partial charge in [0.25, 0.3) is 5.91 Å². The molecule has 0 saturated heterocycles. The molecule has 0 spiro atoms. The maximum absolute atomic E-state index is 11.8. The van der Waals surface area contributed by atoms with E-state index in [1.54, 1.807) is 37.4 Å². The van der Waals surface area contributed by atoms with Crippen LogP contribution in [0.3, 0.4) is 0 Å². The molecule has 2 aromatic carbocycles. The van der Waals surface area contributed by atoms with Crippen LogP contribution in [0.5, 0.6) is 5.75 Å². The smallest absolute Gasteiger partial charge is 0.310 e. The highest BCUT2D eigenvalue weighted by atomic mass is 79.9. The van der Waals surface area contributed by atoms with E-state index >= 15 is 0 Å². The molecular weight excluding hydrogens is 374 g/mol. The zero-order valence-electron chi connectivity index (χ0n) is 13.5. The zero-order valence-corrected chi connectivity index (χ0v) is 15.1. The topological polar surface area (TPSA) is 64.6 Å². The quantitative estimate of drug-likeness (QED) is 0.765. The molecule has 0 unspecified atom stereocenters. The van der Waals surface area contributed by atoms with E-state index in [2.05, 4.69) is 21.2 Å². The van der Waals surface area contributed by atoms with Crippen molar-refractivity contribution in [3.8, 4) is 5.75 Å². The molecule has 5 nitrogen and oxygen atoms in total. The summed E-state index contributed by atoms with van der Waals surface area (Å²) in [6, 6.07) is 12.6. The number of hydrogen-bond acceptors (Lipinski definition) is 4. The van der Waals surface area contributed by atoms with E-state index in [1.807, 2.05) is 19.1 Å². The fourth-order valence-electron chi connectivity index (χ4n) is 2.03. The monoisotopic (exact) mass is 391 g/mol. The van der Waals surface area contributed by atoms with E-state index in [4.69, 9.17) is 9.47 Å². The van der Waals surface area contributed by atoms with Crippen molar-refractivity contribution >= 4 is 33.5 Å². The van der Waals surface area contributed by atoms with E-state index in [0.29, 0.717) is 5.69 Å². The van der Waals surface area contributed by atoms with Gasteiger partial charge < -0.3 is 14.8 Å². The minimum Gasteiger partial charge on any atom is -0.497 e. The van der Waals surface area contributed by atoms with Crippen molar-refractivity contribution in [3.05, 3.63) is 58.1 Å². The average molecular weight is 392 g/mol. The summed E-state index contributed by atoms with van der Waals surface area (Å²) in [4.78, 5) is 23.6. The molecular formula is C18H18BrNO4. The number of carbonyl (C=O) groups is 2. The highest BCUT2D eigenvalue weighted by molar-refractivity contribution is 9.10. The van der Waals surface area contributed by atoms with Crippen LogP contribution in [0.2, 0.25) is 0 Å². The maximum atomic E-state index is 11.8. The van der Waals surface area contributed by atoms with Gasteiger partial charge in [-0.25, -0.2) is 0 Å². The molecule has 0 aliphatic carbocycles. The summed E-state index contributed by atoms with van der Waals surface area (Å²) in [5.74, 6) is -0.113. The Bertz CT molecular complexity index is 728. The fourth-order valence-corrected chi connectivity index (χ4v) is 2.27. The average Bonchev–Trinajstić information content (AvgIpc) is 2.57. The molecule has 1 amide bonds. The summed E-state index contributed by atoms with van der Waals surface area (Å²) in [6.07, 6.45) is 0.106. The van der Waals surface area contributed by atoms with Gasteiger partial charge in [-0.1, -0.05) is 28.1 Å². The van der Waals surface area contributed by atoms with Gasteiger partial charge in [0, 0.05) is 10.2 Å². The van der Waals surface area contributed by atoms with Crippen molar-refractivity contribution < 1.29 is 19.1 Å². The number of methoxy groups -OCH3 is 1. The van der Waals surface area contributed by atoms with Gasteiger partial charge in [-0.05, 0) is 48.4 Å².